The predicted octanol–water partition coefficient (Wildman–Crippen LogP) is 3.10. The molecule has 1 aromatic heterocycles. The van der Waals surface area contributed by atoms with Crippen LogP contribution >= 0.6 is 0 Å². The van der Waals surface area contributed by atoms with E-state index in [9.17, 15) is 4.39 Å². The lowest BCUT2D eigenvalue weighted by atomic mass is 9.94. The topological polar surface area (TPSA) is 29.9 Å². The summed E-state index contributed by atoms with van der Waals surface area (Å²) in [5, 5.41) is 3.39. The van der Waals surface area contributed by atoms with Gasteiger partial charge in [-0.25, -0.2) is 9.37 Å². The third-order valence-corrected chi connectivity index (χ3v) is 4.22. The number of nitrogens with one attached hydrogen (secondary N) is 1. The zero-order valence-electron chi connectivity index (χ0n) is 11.7. The van der Waals surface area contributed by atoms with Crippen LogP contribution in [-0.2, 0) is 0 Å². The minimum atomic E-state index is -0.190. The Morgan fingerprint density at radius 2 is 1.95 bits per heavy atom. The molecule has 0 bridgehead atoms. The van der Waals surface area contributed by atoms with Gasteiger partial charge in [-0.3, -0.25) is 0 Å². The molecule has 1 saturated heterocycles. The molecule has 106 valence electrons. The highest BCUT2D eigenvalue weighted by Crippen LogP contribution is 2.29. The van der Waals surface area contributed by atoms with Gasteiger partial charge in [-0.2, -0.15) is 0 Å². The fourth-order valence-electron chi connectivity index (χ4n) is 2.97. The van der Waals surface area contributed by atoms with Crippen LogP contribution in [0.3, 0.4) is 0 Å². The normalized spacial score (nSPS) is 18.1. The average Bonchev–Trinajstić information content (AvgIpc) is 2.97. The Kier molecular flexibility index (Phi) is 3.83. The molecule has 1 atom stereocenters. The number of aromatic nitrogens is 2. The Hall–Kier alpha value is -1.68. The third-order valence-electron chi connectivity index (χ3n) is 4.22. The third kappa shape index (κ3) is 2.61. The molecule has 1 aliphatic rings. The second-order valence-electron chi connectivity index (χ2n) is 5.48. The van der Waals surface area contributed by atoms with E-state index in [1.54, 1.807) is 0 Å². The summed E-state index contributed by atoms with van der Waals surface area (Å²) in [5.74, 6) is 0.381. The molecule has 2 aromatic rings. The van der Waals surface area contributed by atoms with E-state index < -0.39 is 0 Å². The smallest absolute Gasteiger partial charge is 0.123 e. The van der Waals surface area contributed by atoms with Crippen LogP contribution in [0.4, 0.5) is 4.39 Å². The number of hydrogen-bond acceptors (Lipinski definition) is 2. The van der Waals surface area contributed by atoms with Gasteiger partial charge in [-0.15, -0.1) is 0 Å². The van der Waals surface area contributed by atoms with E-state index >= 15 is 0 Å². The number of hydrogen-bond donors (Lipinski definition) is 1. The second-order valence-corrected chi connectivity index (χ2v) is 5.48. The van der Waals surface area contributed by atoms with Crippen molar-refractivity contribution in [1.29, 1.82) is 0 Å². The molecule has 1 unspecified atom stereocenters. The summed E-state index contributed by atoms with van der Waals surface area (Å²) in [6, 6.07) is 6.93. The summed E-state index contributed by atoms with van der Waals surface area (Å²) in [6.45, 7) is 4.28. The number of rotatable bonds is 3. The van der Waals surface area contributed by atoms with Gasteiger partial charge < -0.3 is 9.88 Å². The van der Waals surface area contributed by atoms with Crippen molar-refractivity contribution >= 4 is 0 Å². The first-order chi connectivity index (χ1) is 9.75. The molecule has 2 heterocycles. The molecule has 1 N–H and O–H groups in total. The standard InChI is InChI=1S/C16H20FN3/c1-12(13-2-4-15(17)5-3-13)20-11-19-10-16(20)14-6-8-18-9-7-14/h2-5,10-12,14,18H,6-9H2,1H3. The SMILES string of the molecule is CC(c1ccc(F)cc1)n1cncc1C1CCNCC1. The molecule has 0 spiro atoms. The summed E-state index contributed by atoms with van der Waals surface area (Å²) in [4.78, 5) is 4.33. The maximum absolute atomic E-state index is 13.0. The number of halogens is 1. The van der Waals surface area contributed by atoms with E-state index in [0.29, 0.717) is 5.92 Å². The van der Waals surface area contributed by atoms with Crippen LogP contribution in [0.25, 0.3) is 0 Å². The quantitative estimate of drug-likeness (QED) is 0.931. The molecular formula is C16H20FN3. The van der Waals surface area contributed by atoms with E-state index in [4.69, 9.17) is 0 Å². The van der Waals surface area contributed by atoms with E-state index in [-0.39, 0.29) is 11.9 Å². The van der Waals surface area contributed by atoms with Crippen molar-refractivity contribution in [2.45, 2.75) is 31.7 Å². The first-order valence-corrected chi connectivity index (χ1v) is 7.23. The largest absolute Gasteiger partial charge is 0.327 e. The molecule has 0 amide bonds. The van der Waals surface area contributed by atoms with Crippen molar-refractivity contribution in [3.8, 4) is 0 Å². The maximum atomic E-state index is 13.0. The molecular weight excluding hydrogens is 253 g/mol. The molecule has 20 heavy (non-hydrogen) atoms. The van der Waals surface area contributed by atoms with Gasteiger partial charge in [0.05, 0.1) is 12.4 Å². The van der Waals surface area contributed by atoms with Crippen molar-refractivity contribution in [3.05, 3.63) is 53.9 Å². The minimum Gasteiger partial charge on any atom is -0.327 e. The Labute approximate surface area is 118 Å². The Morgan fingerprint density at radius 3 is 2.65 bits per heavy atom. The monoisotopic (exact) mass is 273 g/mol. The van der Waals surface area contributed by atoms with Gasteiger partial charge in [-0.1, -0.05) is 12.1 Å². The van der Waals surface area contributed by atoms with E-state index in [2.05, 4.69) is 21.8 Å². The van der Waals surface area contributed by atoms with Gasteiger partial charge >= 0.3 is 0 Å². The number of imidazole rings is 1. The Morgan fingerprint density at radius 1 is 1.25 bits per heavy atom. The van der Waals surface area contributed by atoms with Crippen molar-refractivity contribution in [2.75, 3.05) is 13.1 Å². The van der Waals surface area contributed by atoms with Crippen molar-refractivity contribution in [2.24, 2.45) is 0 Å². The minimum absolute atomic E-state index is 0.183. The van der Waals surface area contributed by atoms with E-state index in [1.165, 1.54) is 17.8 Å². The van der Waals surface area contributed by atoms with Gasteiger partial charge in [-0.05, 0) is 50.6 Å². The van der Waals surface area contributed by atoms with Crippen molar-refractivity contribution < 1.29 is 4.39 Å². The van der Waals surface area contributed by atoms with Crippen LogP contribution in [0.1, 0.15) is 43.0 Å². The van der Waals surface area contributed by atoms with Crippen LogP contribution in [0.15, 0.2) is 36.8 Å². The van der Waals surface area contributed by atoms with Crippen LogP contribution in [0.5, 0.6) is 0 Å². The number of nitrogens with zero attached hydrogens (tertiary/aromatic N) is 2. The van der Waals surface area contributed by atoms with Gasteiger partial charge in [0.2, 0.25) is 0 Å². The molecule has 3 rings (SSSR count). The van der Waals surface area contributed by atoms with Gasteiger partial charge in [0.25, 0.3) is 0 Å². The first-order valence-electron chi connectivity index (χ1n) is 7.23. The summed E-state index contributed by atoms with van der Waals surface area (Å²) < 4.78 is 15.3. The van der Waals surface area contributed by atoms with Crippen LogP contribution < -0.4 is 5.32 Å². The molecule has 1 aliphatic heterocycles. The summed E-state index contributed by atoms with van der Waals surface area (Å²) in [7, 11) is 0. The maximum Gasteiger partial charge on any atom is 0.123 e. The molecule has 1 fully saturated rings. The lowest BCUT2D eigenvalue weighted by Gasteiger charge is -2.26. The molecule has 4 heteroatoms. The summed E-state index contributed by atoms with van der Waals surface area (Å²) in [6.07, 6.45) is 6.19. The van der Waals surface area contributed by atoms with Crippen molar-refractivity contribution in [3.63, 3.8) is 0 Å². The number of piperidine rings is 1. The number of benzene rings is 1. The fraction of sp³-hybridized carbons (Fsp3) is 0.438. The molecule has 0 radical (unpaired) electrons. The van der Waals surface area contributed by atoms with Gasteiger partial charge in [0, 0.05) is 17.8 Å². The lowest BCUT2D eigenvalue weighted by molar-refractivity contribution is 0.433. The lowest BCUT2D eigenvalue weighted by Crippen LogP contribution is -2.28. The molecule has 0 aliphatic carbocycles. The highest BCUT2D eigenvalue weighted by atomic mass is 19.1. The second kappa shape index (κ2) is 5.75. The predicted molar refractivity (Wildman–Crippen MR) is 77.3 cm³/mol. The van der Waals surface area contributed by atoms with Gasteiger partial charge in [0.15, 0.2) is 0 Å². The van der Waals surface area contributed by atoms with Crippen LogP contribution in [0, 0.1) is 5.82 Å². The highest BCUT2D eigenvalue weighted by Gasteiger charge is 2.21. The van der Waals surface area contributed by atoms with Crippen molar-refractivity contribution in [1.82, 2.24) is 14.9 Å². The van der Waals surface area contributed by atoms with Crippen LogP contribution in [-0.4, -0.2) is 22.6 Å². The first kappa shape index (κ1) is 13.3. The van der Waals surface area contributed by atoms with E-state index in [1.807, 2.05) is 24.7 Å². The zero-order chi connectivity index (χ0) is 13.9. The Bertz CT molecular complexity index is 555. The van der Waals surface area contributed by atoms with Gasteiger partial charge in [0.1, 0.15) is 5.82 Å². The van der Waals surface area contributed by atoms with E-state index in [0.717, 1.165) is 31.5 Å². The Balaban J connectivity index is 1.86. The molecule has 1 aromatic carbocycles. The zero-order valence-corrected chi connectivity index (χ0v) is 11.7. The molecule has 0 saturated carbocycles. The van der Waals surface area contributed by atoms with Crippen LogP contribution in [0.2, 0.25) is 0 Å². The summed E-state index contributed by atoms with van der Waals surface area (Å²) in [5.41, 5.74) is 2.41. The summed E-state index contributed by atoms with van der Waals surface area (Å²) >= 11 is 0. The highest BCUT2D eigenvalue weighted by molar-refractivity contribution is 5.22. The average molecular weight is 273 g/mol. The molecule has 3 nitrogen and oxygen atoms in total. The fourth-order valence-corrected chi connectivity index (χ4v) is 2.97.